The van der Waals surface area contributed by atoms with Gasteiger partial charge in [-0.3, -0.25) is 9.69 Å². The number of nitrogens with zero attached hydrogens (tertiary/aromatic N) is 3. The Morgan fingerprint density at radius 2 is 1.69 bits per heavy atom. The maximum atomic E-state index is 13.9. The zero-order valence-electron chi connectivity index (χ0n) is 25.7. The largest absolute Gasteiger partial charge is 0.496 e. The molecule has 0 radical (unpaired) electrons. The number of hydrogen-bond acceptors (Lipinski definition) is 5. The monoisotopic (exact) mass is 591 g/mol. The first-order valence-corrected chi connectivity index (χ1v) is 16.4. The Kier molecular flexibility index (Phi) is 10.8. The average molecular weight is 592 g/mol. The van der Waals surface area contributed by atoms with Crippen molar-refractivity contribution in [2.24, 2.45) is 0 Å². The first-order chi connectivity index (χ1) is 20.1. The third kappa shape index (κ3) is 7.60. The van der Waals surface area contributed by atoms with Crippen LogP contribution in [-0.4, -0.2) is 56.8 Å². The third-order valence-corrected chi connectivity index (χ3v) is 9.89. The Morgan fingerprint density at radius 1 is 0.952 bits per heavy atom. The molecule has 0 unspecified atom stereocenters. The second kappa shape index (κ2) is 14.3. The van der Waals surface area contributed by atoms with Crippen LogP contribution >= 0.6 is 0 Å². The van der Waals surface area contributed by atoms with Gasteiger partial charge in [-0.15, -0.1) is 0 Å². The van der Waals surface area contributed by atoms with Gasteiger partial charge in [0, 0.05) is 57.4 Å². The van der Waals surface area contributed by atoms with E-state index in [0.29, 0.717) is 56.5 Å². The molecule has 1 amide bonds. The molecule has 0 saturated carbocycles. The molecule has 0 spiro atoms. The molecule has 0 N–H and O–H groups in total. The van der Waals surface area contributed by atoms with E-state index in [-0.39, 0.29) is 5.91 Å². The van der Waals surface area contributed by atoms with Crippen molar-refractivity contribution in [3.8, 4) is 5.75 Å². The highest BCUT2D eigenvalue weighted by atomic mass is 32.2. The summed E-state index contributed by atoms with van der Waals surface area (Å²) < 4.78 is 35.2. The summed E-state index contributed by atoms with van der Waals surface area (Å²) in [5, 5.41) is 0. The van der Waals surface area contributed by atoms with Crippen LogP contribution in [0.2, 0.25) is 0 Å². The molecule has 7 nitrogen and oxygen atoms in total. The fourth-order valence-electron chi connectivity index (χ4n) is 5.61. The van der Waals surface area contributed by atoms with Crippen LogP contribution in [0.15, 0.2) is 71.6 Å². The van der Waals surface area contributed by atoms with E-state index in [4.69, 9.17) is 4.74 Å². The minimum absolute atomic E-state index is 0.0551. The molecule has 1 aliphatic rings. The summed E-state index contributed by atoms with van der Waals surface area (Å²) in [5.74, 6) is 1.12. The van der Waals surface area contributed by atoms with Crippen LogP contribution in [0.5, 0.6) is 5.75 Å². The molecule has 42 heavy (non-hydrogen) atoms. The standard InChI is InChI=1S/C34H45N3O4S/c1-6-10-28-13-16-32(17-14-28)42(39,40)36-19-9-20-37(27(4)38)33-12-8-7-11-30(33)24-35(21-22-36)25-31-23-29(26(2)3)15-18-34(31)41-5/h7-8,11-18,23,26H,6,9-10,19-22,24-25H2,1-5H3. The van der Waals surface area contributed by atoms with Gasteiger partial charge >= 0.3 is 0 Å². The van der Waals surface area contributed by atoms with Crippen molar-refractivity contribution in [1.82, 2.24) is 9.21 Å². The maximum Gasteiger partial charge on any atom is 0.243 e. The number of carbonyl (C=O) groups is 1. The highest BCUT2D eigenvalue weighted by molar-refractivity contribution is 7.89. The van der Waals surface area contributed by atoms with Gasteiger partial charge in [-0.05, 0) is 59.7 Å². The molecule has 0 fully saturated rings. The molecule has 0 atom stereocenters. The number of carbonyl (C=O) groups excluding carboxylic acids is 1. The van der Waals surface area contributed by atoms with Crippen LogP contribution in [0.25, 0.3) is 0 Å². The molecule has 1 heterocycles. The fourth-order valence-corrected chi connectivity index (χ4v) is 7.08. The van der Waals surface area contributed by atoms with Crippen LogP contribution in [0.3, 0.4) is 0 Å². The second-order valence-corrected chi connectivity index (χ2v) is 13.3. The number of fused-ring (bicyclic) bond motifs is 1. The first-order valence-electron chi connectivity index (χ1n) is 15.0. The number of sulfonamides is 1. The number of hydrogen-bond donors (Lipinski definition) is 0. The summed E-state index contributed by atoms with van der Waals surface area (Å²) in [7, 11) is -2.05. The molecule has 0 saturated heterocycles. The van der Waals surface area contributed by atoms with Gasteiger partial charge in [0.1, 0.15) is 5.75 Å². The Balaban J connectivity index is 1.71. The van der Waals surface area contributed by atoms with E-state index in [9.17, 15) is 13.2 Å². The quantitative estimate of drug-likeness (QED) is 0.311. The molecule has 8 heteroatoms. The van der Waals surface area contributed by atoms with Crippen molar-refractivity contribution in [1.29, 1.82) is 0 Å². The van der Waals surface area contributed by atoms with E-state index < -0.39 is 10.0 Å². The maximum absolute atomic E-state index is 13.9. The van der Waals surface area contributed by atoms with E-state index >= 15 is 0 Å². The molecule has 3 aromatic rings. The molecule has 3 aromatic carbocycles. The normalized spacial score (nSPS) is 15.7. The number of anilines is 1. The van der Waals surface area contributed by atoms with E-state index in [2.05, 4.69) is 43.9 Å². The molecular weight excluding hydrogens is 546 g/mol. The van der Waals surface area contributed by atoms with E-state index in [1.165, 1.54) is 5.56 Å². The smallest absolute Gasteiger partial charge is 0.243 e. The number of amides is 1. The Hall–Kier alpha value is -3.20. The van der Waals surface area contributed by atoms with Gasteiger partial charge in [-0.2, -0.15) is 4.31 Å². The summed E-state index contributed by atoms with van der Waals surface area (Å²) in [6.07, 6.45) is 2.46. The van der Waals surface area contributed by atoms with Gasteiger partial charge in [0.15, 0.2) is 0 Å². The number of ether oxygens (including phenoxy) is 1. The lowest BCUT2D eigenvalue weighted by Gasteiger charge is -2.28. The number of rotatable bonds is 8. The average Bonchev–Trinajstić information content (AvgIpc) is 3.00. The van der Waals surface area contributed by atoms with Crippen LogP contribution in [0.4, 0.5) is 5.69 Å². The lowest BCUT2D eigenvalue weighted by Crippen LogP contribution is -2.39. The predicted octanol–water partition coefficient (Wildman–Crippen LogP) is 6.22. The van der Waals surface area contributed by atoms with Gasteiger partial charge in [0.05, 0.1) is 12.0 Å². The van der Waals surface area contributed by atoms with E-state index in [1.807, 2.05) is 36.4 Å². The lowest BCUT2D eigenvalue weighted by molar-refractivity contribution is -0.116. The van der Waals surface area contributed by atoms with Gasteiger partial charge in [0.25, 0.3) is 0 Å². The van der Waals surface area contributed by atoms with E-state index in [0.717, 1.165) is 41.0 Å². The van der Waals surface area contributed by atoms with Crippen molar-refractivity contribution in [3.05, 3.63) is 89.0 Å². The number of aryl methyl sites for hydroxylation is 1. The molecule has 0 aromatic heterocycles. The third-order valence-electron chi connectivity index (χ3n) is 7.98. The highest BCUT2D eigenvalue weighted by Gasteiger charge is 2.27. The molecule has 226 valence electrons. The Morgan fingerprint density at radius 3 is 2.36 bits per heavy atom. The molecule has 0 aliphatic carbocycles. The van der Waals surface area contributed by atoms with Crippen molar-refractivity contribution < 1.29 is 17.9 Å². The van der Waals surface area contributed by atoms with E-state index in [1.54, 1.807) is 35.4 Å². The summed E-state index contributed by atoms with van der Waals surface area (Å²) in [5.41, 5.74) is 5.32. The van der Waals surface area contributed by atoms with Gasteiger partial charge in [0.2, 0.25) is 15.9 Å². The number of benzene rings is 3. The molecule has 1 aliphatic heterocycles. The van der Waals surface area contributed by atoms with Crippen molar-refractivity contribution in [2.45, 2.75) is 70.9 Å². The number of methoxy groups -OCH3 is 1. The van der Waals surface area contributed by atoms with Gasteiger partial charge in [-0.1, -0.05) is 69.7 Å². The minimum Gasteiger partial charge on any atom is -0.496 e. The van der Waals surface area contributed by atoms with Crippen molar-refractivity contribution in [2.75, 3.05) is 38.2 Å². The second-order valence-electron chi connectivity index (χ2n) is 11.4. The molecular formula is C34H45N3O4S. The minimum atomic E-state index is -3.73. The van der Waals surface area contributed by atoms with Gasteiger partial charge in [-0.25, -0.2) is 8.42 Å². The fraction of sp³-hybridized carbons (Fsp3) is 0.441. The van der Waals surface area contributed by atoms with Crippen LogP contribution in [0.1, 0.15) is 68.7 Å². The summed E-state index contributed by atoms with van der Waals surface area (Å²) in [6.45, 7) is 10.8. The van der Waals surface area contributed by atoms with Crippen molar-refractivity contribution >= 4 is 21.6 Å². The SMILES string of the molecule is CCCc1ccc(S(=O)(=O)N2CCCN(C(C)=O)c3ccccc3CN(Cc3cc(C(C)C)ccc3OC)CC2)cc1. The zero-order valence-corrected chi connectivity index (χ0v) is 26.5. The predicted molar refractivity (Wildman–Crippen MR) is 169 cm³/mol. The van der Waals surface area contributed by atoms with Crippen LogP contribution < -0.4 is 9.64 Å². The van der Waals surface area contributed by atoms with Crippen LogP contribution in [-0.2, 0) is 34.3 Å². The molecule has 0 bridgehead atoms. The Labute approximate surface area is 252 Å². The zero-order chi connectivity index (χ0) is 30.3. The summed E-state index contributed by atoms with van der Waals surface area (Å²) >= 11 is 0. The number of para-hydroxylation sites is 1. The first kappa shape index (κ1) is 31.7. The summed E-state index contributed by atoms with van der Waals surface area (Å²) in [4.78, 5) is 17.2. The highest BCUT2D eigenvalue weighted by Crippen LogP contribution is 2.29. The Bertz CT molecular complexity index is 1450. The molecule has 4 rings (SSSR count). The summed E-state index contributed by atoms with van der Waals surface area (Å²) in [6, 6.07) is 21.6. The topological polar surface area (TPSA) is 70.2 Å². The van der Waals surface area contributed by atoms with Gasteiger partial charge < -0.3 is 9.64 Å². The van der Waals surface area contributed by atoms with Crippen molar-refractivity contribution in [3.63, 3.8) is 0 Å². The van der Waals surface area contributed by atoms with Crippen LogP contribution in [0, 0.1) is 0 Å². The lowest BCUT2D eigenvalue weighted by atomic mass is 10.00.